The van der Waals surface area contributed by atoms with Crippen molar-refractivity contribution in [1.29, 1.82) is 0 Å². The van der Waals surface area contributed by atoms with Gasteiger partial charge >= 0.3 is 0 Å². The number of ether oxygens (including phenoxy) is 1. The molecule has 1 N–H and O–H groups in total. The van der Waals surface area contributed by atoms with Crippen LogP contribution in [0.1, 0.15) is 19.8 Å². The fraction of sp³-hybridized carbons (Fsp3) is 1.00. The first-order valence-electron chi connectivity index (χ1n) is 4.52. The van der Waals surface area contributed by atoms with Crippen LogP contribution in [-0.4, -0.2) is 32.2 Å². The van der Waals surface area contributed by atoms with Gasteiger partial charge in [-0.25, -0.2) is 0 Å². The van der Waals surface area contributed by atoms with Gasteiger partial charge in [0.1, 0.15) is 0 Å². The molecule has 0 aliphatic heterocycles. The molecule has 1 aliphatic carbocycles. The Morgan fingerprint density at radius 3 is 2.67 bits per heavy atom. The van der Waals surface area contributed by atoms with Crippen LogP contribution < -0.4 is 5.32 Å². The van der Waals surface area contributed by atoms with Crippen LogP contribution in [0.5, 0.6) is 0 Å². The summed E-state index contributed by atoms with van der Waals surface area (Å²) in [5, 5.41) is 3.38. The first-order chi connectivity index (χ1) is 5.72. The number of alkyl halides is 1. The highest BCUT2D eigenvalue weighted by molar-refractivity contribution is 6.18. The molecule has 1 fully saturated rings. The minimum atomic E-state index is 0.302. The van der Waals surface area contributed by atoms with Gasteiger partial charge in [-0.1, -0.05) is 0 Å². The maximum absolute atomic E-state index is 5.83. The summed E-state index contributed by atoms with van der Waals surface area (Å²) in [6, 6.07) is 0. The summed E-state index contributed by atoms with van der Waals surface area (Å²) >= 11 is 5.83. The topological polar surface area (TPSA) is 21.3 Å². The number of halogens is 1. The number of methoxy groups -OCH3 is 1. The van der Waals surface area contributed by atoms with Crippen LogP contribution in [-0.2, 0) is 4.74 Å². The van der Waals surface area contributed by atoms with Crippen molar-refractivity contribution >= 4 is 11.6 Å². The monoisotopic (exact) mass is 191 g/mol. The van der Waals surface area contributed by atoms with E-state index in [0.29, 0.717) is 11.5 Å². The number of hydrogen-bond acceptors (Lipinski definition) is 2. The quantitative estimate of drug-likeness (QED) is 0.645. The molecule has 0 radical (unpaired) electrons. The van der Waals surface area contributed by atoms with Crippen molar-refractivity contribution in [2.24, 2.45) is 5.41 Å². The zero-order valence-corrected chi connectivity index (χ0v) is 8.66. The third-order valence-corrected chi connectivity index (χ3v) is 3.14. The minimum absolute atomic E-state index is 0.302. The molecule has 3 heteroatoms. The maximum atomic E-state index is 5.83. The molecule has 1 atom stereocenters. The molecule has 1 saturated carbocycles. The van der Waals surface area contributed by atoms with Gasteiger partial charge < -0.3 is 10.1 Å². The summed E-state index contributed by atoms with van der Waals surface area (Å²) in [5.41, 5.74) is 0.426. The fourth-order valence-electron chi connectivity index (χ4n) is 1.16. The van der Waals surface area contributed by atoms with Crippen LogP contribution in [0, 0.1) is 5.41 Å². The fourth-order valence-corrected chi connectivity index (χ4v) is 1.52. The van der Waals surface area contributed by atoms with E-state index in [1.807, 2.05) is 0 Å². The van der Waals surface area contributed by atoms with Crippen LogP contribution in [0.15, 0.2) is 0 Å². The van der Waals surface area contributed by atoms with Crippen molar-refractivity contribution in [3.05, 3.63) is 0 Å². The molecule has 0 aromatic heterocycles. The highest BCUT2D eigenvalue weighted by atomic mass is 35.5. The van der Waals surface area contributed by atoms with Gasteiger partial charge in [0.05, 0.1) is 6.10 Å². The van der Waals surface area contributed by atoms with Crippen molar-refractivity contribution in [3.63, 3.8) is 0 Å². The van der Waals surface area contributed by atoms with E-state index in [0.717, 1.165) is 19.0 Å². The van der Waals surface area contributed by atoms with Gasteiger partial charge in [0.2, 0.25) is 0 Å². The zero-order valence-electron chi connectivity index (χ0n) is 7.90. The minimum Gasteiger partial charge on any atom is -0.380 e. The number of nitrogens with one attached hydrogen (secondary N) is 1. The van der Waals surface area contributed by atoms with E-state index in [1.165, 1.54) is 12.8 Å². The second-order valence-corrected chi connectivity index (χ2v) is 4.08. The lowest BCUT2D eigenvalue weighted by molar-refractivity contribution is 0.116. The summed E-state index contributed by atoms with van der Waals surface area (Å²) in [6.07, 6.45) is 2.87. The highest BCUT2D eigenvalue weighted by Gasteiger charge is 2.41. The van der Waals surface area contributed by atoms with Crippen LogP contribution in [0.4, 0.5) is 0 Å². The summed E-state index contributed by atoms with van der Waals surface area (Å²) in [7, 11) is 1.74. The Hall–Kier alpha value is 0.210. The van der Waals surface area contributed by atoms with E-state index >= 15 is 0 Å². The predicted molar refractivity (Wildman–Crippen MR) is 51.7 cm³/mol. The Labute approximate surface area is 79.6 Å². The van der Waals surface area contributed by atoms with E-state index in [2.05, 4.69) is 12.2 Å². The molecular weight excluding hydrogens is 174 g/mol. The lowest BCUT2D eigenvalue weighted by Crippen LogP contribution is -2.31. The third-order valence-electron chi connectivity index (χ3n) is 2.57. The molecule has 12 heavy (non-hydrogen) atoms. The van der Waals surface area contributed by atoms with E-state index < -0.39 is 0 Å². The molecule has 0 aromatic carbocycles. The van der Waals surface area contributed by atoms with Gasteiger partial charge in [0.25, 0.3) is 0 Å². The van der Waals surface area contributed by atoms with Gasteiger partial charge in [-0.15, -0.1) is 11.6 Å². The van der Waals surface area contributed by atoms with Gasteiger partial charge in [-0.05, 0) is 25.2 Å². The Kier molecular flexibility index (Phi) is 3.81. The van der Waals surface area contributed by atoms with E-state index in [-0.39, 0.29) is 0 Å². The van der Waals surface area contributed by atoms with Crippen molar-refractivity contribution < 1.29 is 4.74 Å². The first kappa shape index (κ1) is 10.3. The summed E-state index contributed by atoms with van der Waals surface area (Å²) in [5.74, 6) is 0.793. The molecule has 1 aliphatic rings. The smallest absolute Gasteiger partial charge is 0.0667 e. The molecule has 0 heterocycles. The second kappa shape index (κ2) is 4.45. The van der Waals surface area contributed by atoms with Crippen LogP contribution >= 0.6 is 11.6 Å². The predicted octanol–water partition coefficient (Wildman–Crippen LogP) is 1.63. The molecule has 0 amide bonds. The largest absolute Gasteiger partial charge is 0.380 e. The van der Waals surface area contributed by atoms with Crippen molar-refractivity contribution in [1.82, 2.24) is 5.32 Å². The molecule has 1 rings (SSSR count). The van der Waals surface area contributed by atoms with Gasteiger partial charge in [-0.3, -0.25) is 0 Å². The first-order valence-corrected chi connectivity index (χ1v) is 5.05. The normalized spacial score (nSPS) is 22.2. The van der Waals surface area contributed by atoms with E-state index in [4.69, 9.17) is 16.3 Å². The highest BCUT2D eigenvalue weighted by Crippen LogP contribution is 2.45. The molecule has 0 aromatic rings. The van der Waals surface area contributed by atoms with E-state index in [1.54, 1.807) is 7.11 Å². The SMILES string of the molecule is COC(C)CNCC1(CCl)CC1. The van der Waals surface area contributed by atoms with Gasteiger partial charge in [0.15, 0.2) is 0 Å². The number of rotatable bonds is 6. The molecule has 1 unspecified atom stereocenters. The average Bonchev–Trinajstić information content (AvgIpc) is 2.85. The van der Waals surface area contributed by atoms with Gasteiger partial charge in [-0.2, -0.15) is 0 Å². The molecule has 0 spiro atoms. The van der Waals surface area contributed by atoms with Crippen LogP contribution in [0.25, 0.3) is 0 Å². The Balaban J connectivity index is 2.02. The maximum Gasteiger partial charge on any atom is 0.0667 e. The zero-order chi connectivity index (χ0) is 9.03. The molecular formula is C9H18ClNO. The summed E-state index contributed by atoms with van der Waals surface area (Å²) < 4.78 is 5.12. The average molecular weight is 192 g/mol. The standard InChI is InChI=1S/C9H18ClNO/c1-8(12-2)5-11-7-9(6-10)3-4-9/h8,11H,3-7H2,1-2H3. The van der Waals surface area contributed by atoms with Crippen molar-refractivity contribution in [2.75, 3.05) is 26.1 Å². The lowest BCUT2D eigenvalue weighted by atomic mass is 10.1. The Bertz CT molecular complexity index is 136. The Morgan fingerprint density at radius 1 is 1.58 bits per heavy atom. The third kappa shape index (κ3) is 2.92. The van der Waals surface area contributed by atoms with Crippen LogP contribution in [0.3, 0.4) is 0 Å². The summed E-state index contributed by atoms with van der Waals surface area (Å²) in [4.78, 5) is 0. The molecule has 0 bridgehead atoms. The molecule has 0 saturated heterocycles. The van der Waals surface area contributed by atoms with Crippen molar-refractivity contribution in [2.45, 2.75) is 25.9 Å². The lowest BCUT2D eigenvalue weighted by Gasteiger charge is -2.15. The van der Waals surface area contributed by atoms with Crippen LogP contribution in [0.2, 0.25) is 0 Å². The molecule has 2 nitrogen and oxygen atoms in total. The van der Waals surface area contributed by atoms with Gasteiger partial charge in [0, 0.05) is 26.1 Å². The summed E-state index contributed by atoms with van der Waals surface area (Å²) in [6.45, 7) is 4.03. The van der Waals surface area contributed by atoms with E-state index in [9.17, 15) is 0 Å². The van der Waals surface area contributed by atoms with Crippen molar-refractivity contribution in [3.8, 4) is 0 Å². The number of hydrogen-bond donors (Lipinski definition) is 1. The second-order valence-electron chi connectivity index (χ2n) is 3.81. The molecule has 72 valence electrons. The Morgan fingerprint density at radius 2 is 2.25 bits per heavy atom.